The summed E-state index contributed by atoms with van der Waals surface area (Å²) in [7, 11) is 0. The van der Waals surface area contributed by atoms with Crippen LogP contribution in [0.5, 0.6) is 0 Å². The molecule has 3 rings (SSSR count). The van der Waals surface area contributed by atoms with Gasteiger partial charge in [0.1, 0.15) is 0 Å². The minimum atomic E-state index is 0.301. The Morgan fingerprint density at radius 3 is 2.16 bits per heavy atom. The summed E-state index contributed by atoms with van der Waals surface area (Å²) >= 11 is 0. The zero-order valence-electron chi connectivity index (χ0n) is 16.4. The van der Waals surface area contributed by atoms with E-state index < -0.39 is 0 Å². The number of nitrogens with zero attached hydrogens (tertiary/aromatic N) is 3. The topological polar surface area (TPSA) is 45.3 Å². The van der Waals surface area contributed by atoms with Crippen molar-refractivity contribution in [1.29, 1.82) is 0 Å². The van der Waals surface area contributed by atoms with E-state index in [1.165, 1.54) is 0 Å². The van der Waals surface area contributed by atoms with Gasteiger partial charge in [-0.3, -0.25) is 14.6 Å². The molecule has 1 amide bonds. The molecular formula is C19H37N3O3. The molecule has 3 aliphatic heterocycles. The van der Waals surface area contributed by atoms with Crippen LogP contribution in [0.15, 0.2) is 0 Å². The lowest BCUT2D eigenvalue weighted by atomic mass is 10.00. The van der Waals surface area contributed by atoms with Gasteiger partial charge in [-0.05, 0) is 12.8 Å². The van der Waals surface area contributed by atoms with E-state index in [1.807, 2.05) is 25.7 Å². The lowest BCUT2D eigenvalue weighted by molar-refractivity contribution is -0.134. The van der Waals surface area contributed by atoms with Gasteiger partial charge in [0.2, 0.25) is 5.91 Å². The van der Waals surface area contributed by atoms with E-state index in [4.69, 9.17) is 9.47 Å². The number of hydrogen-bond donors (Lipinski definition) is 0. The molecule has 3 saturated heterocycles. The van der Waals surface area contributed by atoms with Gasteiger partial charge in [0.25, 0.3) is 0 Å². The Bertz CT molecular complexity index is 376. The number of ether oxygens (including phenoxy) is 2. The standard InChI is InChI=1S/C17H31N3O3.C2H6/c1-2-17(21)19-5-3-15(4-6-19)20(16-13-23-14-16)8-7-18-9-11-22-12-10-18;1-2/h15-16H,2-14H2,1H3;1-2H3. The van der Waals surface area contributed by atoms with Crippen LogP contribution in [0.4, 0.5) is 0 Å². The van der Waals surface area contributed by atoms with Crippen LogP contribution in [0, 0.1) is 0 Å². The maximum absolute atomic E-state index is 11.9. The number of piperidine rings is 1. The molecule has 6 heteroatoms. The quantitative estimate of drug-likeness (QED) is 0.722. The van der Waals surface area contributed by atoms with Crippen molar-refractivity contribution in [3.8, 4) is 0 Å². The van der Waals surface area contributed by atoms with Crippen LogP contribution in [0.1, 0.15) is 40.0 Å². The molecule has 0 spiro atoms. The molecular weight excluding hydrogens is 318 g/mol. The van der Waals surface area contributed by atoms with Crippen molar-refractivity contribution in [3.05, 3.63) is 0 Å². The molecule has 0 aromatic heterocycles. The highest BCUT2D eigenvalue weighted by Gasteiger charge is 2.34. The van der Waals surface area contributed by atoms with E-state index >= 15 is 0 Å². The Labute approximate surface area is 153 Å². The van der Waals surface area contributed by atoms with E-state index in [9.17, 15) is 4.79 Å². The van der Waals surface area contributed by atoms with Gasteiger partial charge in [-0.25, -0.2) is 0 Å². The zero-order chi connectivity index (χ0) is 18.1. The number of carbonyl (C=O) groups is 1. The second-order valence-corrected chi connectivity index (χ2v) is 6.85. The lowest BCUT2D eigenvalue weighted by Gasteiger charge is -2.46. The Hall–Kier alpha value is -0.690. The fourth-order valence-electron chi connectivity index (χ4n) is 3.83. The minimum absolute atomic E-state index is 0.301. The van der Waals surface area contributed by atoms with Crippen LogP contribution in [0.3, 0.4) is 0 Å². The summed E-state index contributed by atoms with van der Waals surface area (Å²) in [5, 5.41) is 0. The molecule has 0 atom stereocenters. The van der Waals surface area contributed by atoms with Crippen molar-refractivity contribution < 1.29 is 14.3 Å². The third kappa shape index (κ3) is 5.91. The van der Waals surface area contributed by atoms with Crippen LogP contribution in [-0.4, -0.2) is 98.4 Å². The van der Waals surface area contributed by atoms with Gasteiger partial charge in [-0.2, -0.15) is 0 Å². The van der Waals surface area contributed by atoms with E-state index in [-0.39, 0.29) is 0 Å². The molecule has 0 N–H and O–H groups in total. The average Bonchev–Trinajstić information content (AvgIpc) is 2.65. The van der Waals surface area contributed by atoms with E-state index in [1.54, 1.807) is 0 Å². The van der Waals surface area contributed by atoms with Crippen molar-refractivity contribution in [2.24, 2.45) is 0 Å². The summed E-state index contributed by atoms with van der Waals surface area (Å²) in [6.45, 7) is 15.6. The number of morpholine rings is 1. The van der Waals surface area contributed by atoms with Gasteiger partial charge < -0.3 is 14.4 Å². The Kier molecular flexibility index (Phi) is 9.17. The summed E-state index contributed by atoms with van der Waals surface area (Å²) in [6, 6.07) is 1.18. The first-order valence-corrected chi connectivity index (χ1v) is 10.2. The van der Waals surface area contributed by atoms with Gasteiger partial charge in [0, 0.05) is 51.7 Å². The first-order valence-electron chi connectivity index (χ1n) is 10.2. The normalized spacial score (nSPS) is 23.1. The largest absolute Gasteiger partial charge is 0.379 e. The molecule has 3 aliphatic rings. The number of carbonyl (C=O) groups excluding carboxylic acids is 1. The van der Waals surface area contributed by atoms with Crippen molar-refractivity contribution in [2.45, 2.75) is 52.1 Å². The Morgan fingerprint density at radius 2 is 1.64 bits per heavy atom. The fraction of sp³-hybridized carbons (Fsp3) is 0.947. The Morgan fingerprint density at radius 1 is 1.00 bits per heavy atom. The van der Waals surface area contributed by atoms with Gasteiger partial charge in [-0.15, -0.1) is 0 Å². The molecule has 0 radical (unpaired) electrons. The number of hydrogen-bond acceptors (Lipinski definition) is 5. The molecule has 3 heterocycles. The molecule has 0 aliphatic carbocycles. The highest BCUT2D eigenvalue weighted by molar-refractivity contribution is 5.75. The van der Waals surface area contributed by atoms with Crippen LogP contribution in [0.2, 0.25) is 0 Å². The van der Waals surface area contributed by atoms with Crippen molar-refractivity contribution in [2.75, 3.05) is 65.7 Å². The highest BCUT2D eigenvalue weighted by Crippen LogP contribution is 2.22. The molecule has 0 unspecified atom stereocenters. The maximum Gasteiger partial charge on any atom is 0.222 e. The van der Waals surface area contributed by atoms with E-state index in [2.05, 4.69) is 9.80 Å². The summed E-state index contributed by atoms with van der Waals surface area (Å²) in [4.78, 5) is 19.1. The van der Waals surface area contributed by atoms with Crippen LogP contribution < -0.4 is 0 Å². The second kappa shape index (κ2) is 11.1. The lowest BCUT2D eigenvalue weighted by Crippen LogP contribution is -2.58. The predicted molar refractivity (Wildman–Crippen MR) is 99.8 cm³/mol. The van der Waals surface area contributed by atoms with Crippen molar-refractivity contribution >= 4 is 5.91 Å². The summed E-state index contributed by atoms with van der Waals surface area (Å²) < 4.78 is 10.9. The van der Waals surface area contributed by atoms with E-state index in [0.717, 1.165) is 78.5 Å². The smallest absolute Gasteiger partial charge is 0.222 e. The summed E-state index contributed by atoms with van der Waals surface area (Å²) in [6.07, 6.45) is 2.83. The summed E-state index contributed by atoms with van der Waals surface area (Å²) in [5.41, 5.74) is 0. The third-order valence-electron chi connectivity index (χ3n) is 5.46. The van der Waals surface area contributed by atoms with Crippen LogP contribution in [0.25, 0.3) is 0 Å². The third-order valence-corrected chi connectivity index (χ3v) is 5.46. The Balaban J connectivity index is 0.00000109. The van der Waals surface area contributed by atoms with Gasteiger partial charge in [0.05, 0.1) is 32.5 Å². The molecule has 0 aromatic carbocycles. The molecule has 0 bridgehead atoms. The minimum Gasteiger partial charge on any atom is -0.379 e. The van der Waals surface area contributed by atoms with Crippen LogP contribution in [-0.2, 0) is 14.3 Å². The fourth-order valence-corrected chi connectivity index (χ4v) is 3.83. The molecule has 0 aromatic rings. The highest BCUT2D eigenvalue weighted by atomic mass is 16.5. The molecule has 25 heavy (non-hydrogen) atoms. The van der Waals surface area contributed by atoms with Gasteiger partial charge >= 0.3 is 0 Å². The van der Waals surface area contributed by atoms with Gasteiger partial charge in [0.15, 0.2) is 0 Å². The number of amides is 1. The van der Waals surface area contributed by atoms with Crippen LogP contribution >= 0.6 is 0 Å². The first kappa shape index (κ1) is 20.6. The van der Waals surface area contributed by atoms with Crippen molar-refractivity contribution in [3.63, 3.8) is 0 Å². The monoisotopic (exact) mass is 355 g/mol. The first-order chi connectivity index (χ1) is 12.3. The van der Waals surface area contributed by atoms with Gasteiger partial charge in [-0.1, -0.05) is 20.8 Å². The van der Waals surface area contributed by atoms with Crippen molar-refractivity contribution in [1.82, 2.24) is 14.7 Å². The SMILES string of the molecule is CC.CCC(=O)N1CCC(N(CCN2CCOCC2)C2COC2)CC1. The molecule has 146 valence electrons. The number of rotatable bonds is 6. The van der Waals surface area contributed by atoms with E-state index in [0.29, 0.717) is 24.4 Å². The predicted octanol–water partition coefficient (Wildman–Crippen LogP) is 1.45. The molecule has 3 fully saturated rings. The molecule has 6 nitrogen and oxygen atoms in total. The maximum atomic E-state index is 11.9. The number of likely N-dealkylation sites (tertiary alicyclic amines) is 1. The average molecular weight is 356 g/mol. The summed E-state index contributed by atoms with van der Waals surface area (Å²) in [5.74, 6) is 0.301. The molecule has 0 saturated carbocycles. The second-order valence-electron chi connectivity index (χ2n) is 6.85. The zero-order valence-corrected chi connectivity index (χ0v) is 16.4.